The smallest absolute Gasteiger partial charge is 0.311 e. The van der Waals surface area contributed by atoms with Gasteiger partial charge in [-0.1, -0.05) is 20.3 Å². The molecule has 3 heteroatoms. The third-order valence-corrected chi connectivity index (χ3v) is 2.66. The first-order valence-electron chi connectivity index (χ1n) is 5.92. The van der Waals surface area contributed by atoms with Crippen LogP contribution in [0.25, 0.3) is 0 Å². The standard InChI is InChI=1S/C12H25NO2/c1-5-7-8-13-9-10-15-11(14)12(3,4)6-2/h13H,5-10H2,1-4H3. The first-order chi connectivity index (χ1) is 7.04. The number of ether oxygens (including phenoxy) is 1. The van der Waals surface area contributed by atoms with E-state index in [0.29, 0.717) is 6.61 Å². The van der Waals surface area contributed by atoms with Crippen molar-refractivity contribution in [1.29, 1.82) is 0 Å². The first kappa shape index (κ1) is 14.4. The van der Waals surface area contributed by atoms with Gasteiger partial charge in [-0.25, -0.2) is 0 Å². The number of nitrogens with one attached hydrogen (secondary N) is 1. The normalized spacial score (nSPS) is 11.5. The average Bonchev–Trinajstić information content (AvgIpc) is 2.22. The van der Waals surface area contributed by atoms with E-state index in [4.69, 9.17) is 4.74 Å². The summed E-state index contributed by atoms with van der Waals surface area (Å²) < 4.78 is 5.18. The van der Waals surface area contributed by atoms with E-state index in [0.717, 1.165) is 19.5 Å². The summed E-state index contributed by atoms with van der Waals surface area (Å²) in [6, 6.07) is 0. The van der Waals surface area contributed by atoms with Gasteiger partial charge in [-0.15, -0.1) is 0 Å². The molecule has 3 nitrogen and oxygen atoms in total. The van der Waals surface area contributed by atoms with Crippen LogP contribution in [0.3, 0.4) is 0 Å². The fourth-order valence-electron chi connectivity index (χ4n) is 0.982. The van der Waals surface area contributed by atoms with Gasteiger partial charge in [-0.2, -0.15) is 0 Å². The number of carbonyl (C=O) groups is 1. The van der Waals surface area contributed by atoms with Crippen LogP contribution in [0.4, 0.5) is 0 Å². The Bertz CT molecular complexity index is 178. The summed E-state index contributed by atoms with van der Waals surface area (Å²) in [5.74, 6) is -0.0951. The maximum atomic E-state index is 11.5. The molecular weight excluding hydrogens is 190 g/mol. The lowest BCUT2D eigenvalue weighted by atomic mass is 9.91. The molecule has 0 aromatic heterocycles. The summed E-state index contributed by atoms with van der Waals surface area (Å²) in [5.41, 5.74) is -0.344. The second-order valence-corrected chi connectivity index (χ2v) is 4.48. The summed E-state index contributed by atoms with van der Waals surface area (Å²) in [4.78, 5) is 11.5. The van der Waals surface area contributed by atoms with Gasteiger partial charge in [-0.05, 0) is 33.2 Å². The second kappa shape index (κ2) is 7.69. The Balaban J connectivity index is 3.47. The van der Waals surface area contributed by atoms with Crippen molar-refractivity contribution in [2.75, 3.05) is 19.7 Å². The fourth-order valence-corrected chi connectivity index (χ4v) is 0.982. The van der Waals surface area contributed by atoms with Gasteiger partial charge >= 0.3 is 5.97 Å². The minimum absolute atomic E-state index is 0.0951. The van der Waals surface area contributed by atoms with Crippen LogP contribution < -0.4 is 5.32 Å². The minimum Gasteiger partial charge on any atom is -0.464 e. The average molecular weight is 215 g/mol. The van der Waals surface area contributed by atoms with Gasteiger partial charge in [0.05, 0.1) is 5.41 Å². The number of hydrogen-bond acceptors (Lipinski definition) is 3. The predicted octanol–water partition coefficient (Wildman–Crippen LogP) is 2.36. The molecule has 0 saturated heterocycles. The van der Waals surface area contributed by atoms with Crippen molar-refractivity contribution >= 4 is 5.97 Å². The summed E-state index contributed by atoms with van der Waals surface area (Å²) in [5, 5.41) is 3.23. The molecule has 0 rings (SSSR count). The van der Waals surface area contributed by atoms with Crippen molar-refractivity contribution in [2.45, 2.75) is 47.0 Å². The van der Waals surface area contributed by atoms with Gasteiger partial charge in [0.25, 0.3) is 0 Å². The maximum Gasteiger partial charge on any atom is 0.311 e. The van der Waals surface area contributed by atoms with E-state index in [1.807, 2.05) is 20.8 Å². The van der Waals surface area contributed by atoms with E-state index in [2.05, 4.69) is 12.2 Å². The Morgan fingerprint density at radius 1 is 1.27 bits per heavy atom. The molecule has 15 heavy (non-hydrogen) atoms. The van der Waals surface area contributed by atoms with Crippen molar-refractivity contribution in [1.82, 2.24) is 5.32 Å². The van der Waals surface area contributed by atoms with Crippen molar-refractivity contribution in [3.63, 3.8) is 0 Å². The molecule has 1 N–H and O–H groups in total. The minimum atomic E-state index is -0.344. The third-order valence-electron chi connectivity index (χ3n) is 2.66. The number of hydrogen-bond donors (Lipinski definition) is 1. The fraction of sp³-hybridized carbons (Fsp3) is 0.917. The number of rotatable bonds is 8. The quantitative estimate of drug-likeness (QED) is 0.499. The van der Waals surface area contributed by atoms with Gasteiger partial charge in [0.2, 0.25) is 0 Å². The SMILES string of the molecule is CCCCNCCOC(=O)C(C)(C)CC. The molecule has 0 atom stereocenters. The van der Waals surface area contributed by atoms with Gasteiger partial charge in [0.15, 0.2) is 0 Å². The molecule has 0 fully saturated rings. The lowest BCUT2D eigenvalue weighted by Crippen LogP contribution is -2.29. The summed E-state index contributed by atoms with van der Waals surface area (Å²) in [7, 11) is 0. The summed E-state index contributed by atoms with van der Waals surface area (Å²) in [6.45, 7) is 10.2. The Labute approximate surface area is 93.6 Å². The van der Waals surface area contributed by atoms with Crippen LogP contribution in [-0.4, -0.2) is 25.7 Å². The molecule has 0 amide bonds. The molecule has 0 aromatic rings. The Kier molecular flexibility index (Phi) is 7.39. The zero-order valence-electron chi connectivity index (χ0n) is 10.6. The Hall–Kier alpha value is -0.570. The molecule has 0 aliphatic carbocycles. The molecule has 90 valence electrons. The molecular formula is C12H25NO2. The van der Waals surface area contributed by atoms with E-state index in [1.165, 1.54) is 12.8 Å². The Morgan fingerprint density at radius 2 is 1.93 bits per heavy atom. The van der Waals surface area contributed by atoms with Crippen molar-refractivity contribution < 1.29 is 9.53 Å². The summed E-state index contributed by atoms with van der Waals surface area (Å²) in [6.07, 6.45) is 3.18. The van der Waals surface area contributed by atoms with E-state index < -0.39 is 0 Å². The van der Waals surface area contributed by atoms with E-state index in [1.54, 1.807) is 0 Å². The van der Waals surface area contributed by atoms with Gasteiger partial charge < -0.3 is 10.1 Å². The van der Waals surface area contributed by atoms with E-state index in [-0.39, 0.29) is 11.4 Å². The third kappa shape index (κ3) is 6.50. The maximum absolute atomic E-state index is 11.5. The van der Waals surface area contributed by atoms with Gasteiger partial charge in [-0.3, -0.25) is 4.79 Å². The highest BCUT2D eigenvalue weighted by atomic mass is 16.5. The molecule has 0 heterocycles. The van der Waals surface area contributed by atoms with Crippen molar-refractivity contribution in [2.24, 2.45) is 5.41 Å². The van der Waals surface area contributed by atoms with Crippen LogP contribution in [0.1, 0.15) is 47.0 Å². The monoisotopic (exact) mass is 215 g/mol. The zero-order valence-corrected chi connectivity index (χ0v) is 10.6. The van der Waals surface area contributed by atoms with Gasteiger partial charge in [0, 0.05) is 6.54 Å². The Morgan fingerprint density at radius 3 is 2.47 bits per heavy atom. The van der Waals surface area contributed by atoms with Crippen LogP contribution in [0.15, 0.2) is 0 Å². The highest BCUT2D eigenvalue weighted by Crippen LogP contribution is 2.21. The largest absolute Gasteiger partial charge is 0.464 e. The lowest BCUT2D eigenvalue weighted by Gasteiger charge is -2.20. The number of esters is 1. The van der Waals surface area contributed by atoms with Crippen LogP contribution in [-0.2, 0) is 9.53 Å². The molecule has 0 saturated carbocycles. The van der Waals surface area contributed by atoms with Crippen LogP contribution >= 0.6 is 0 Å². The van der Waals surface area contributed by atoms with Crippen LogP contribution in [0.5, 0.6) is 0 Å². The predicted molar refractivity (Wildman–Crippen MR) is 62.8 cm³/mol. The number of carbonyl (C=O) groups excluding carboxylic acids is 1. The second-order valence-electron chi connectivity index (χ2n) is 4.48. The molecule has 0 radical (unpaired) electrons. The molecule has 0 spiro atoms. The lowest BCUT2D eigenvalue weighted by molar-refractivity contribution is -0.153. The highest BCUT2D eigenvalue weighted by molar-refractivity contribution is 5.75. The molecule has 0 aliphatic rings. The zero-order chi connectivity index (χ0) is 11.7. The topological polar surface area (TPSA) is 38.3 Å². The van der Waals surface area contributed by atoms with Crippen LogP contribution in [0, 0.1) is 5.41 Å². The molecule has 0 unspecified atom stereocenters. The van der Waals surface area contributed by atoms with E-state index >= 15 is 0 Å². The van der Waals surface area contributed by atoms with Crippen molar-refractivity contribution in [3.05, 3.63) is 0 Å². The molecule has 0 aliphatic heterocycles. The van der Waals surface area contributed by atoms with Gasteiger partial charge in [0.1, 0.15) is 6.61 Å². The molecule has 0 bridgehead atoms. The van der Waals surface area contributed by atoms with Crippen LogP contribution in [0.2, 0.25) is 0 Å². The first-order valence-corrected chi connectivity index (χ1v) is 5.92. The van der Waals surface area contributed by atoms with E-state index in [9.17, 15) is 4.79 Å². The van der Waals surface area contributed by atoms with Crippen molar-refractivity contribution in [3.8, 4) is 0 Å². The summed E-state index contributed by atoms with van der Waals surface area (Å²) >= 11 is 0. The highest BCUT2D eigenvalue weighted by Gasteiger charge is 2.26. The number of unbranched alkanes of at least 4 members (excludes halogenated alkanes) is 1. The molecule has 0 aromatic carbocycles.